The van der Waals surface area contributed by atoms with Crippen LogP contribution < -0.4 is 4.74 Å². The lowest BCUT2D eigenvalue weighted by molar-refractivity contribution is 0.328. The molecule has 0 aromatic heterocycles. The Morgan fingerprint density at radius 3 is 0.953 bits per heavy atom. The summed E-state index contributed by atoms with van der Waals surface area (Å²) in [4.78, 5) is 0. The Kier molecular flexibility index (Phi) is 22.4. The van der Waals surface area contributed by atoms with Crippen LogP contribution in [0.5, 0.6) is 5.75 Å². The second-order valence-electron chi connectivity index (χ2n) is 25.9. The fourth-order valence-electron chi connectivity index (χ4n) is 7.45. The van der Waals surface area contributed by atoms with Gasteiger partial charge in [0.1, 0.15) is 11.6 Å². The van der Waals surface area contributed by atoms with Crippen molar-refractivity contribution in [2.45, 2.75) is 245 Å². The molecule has 0 radical (unpaired) electrons. The van der Waals surface area contributed by atoms with Gasteiger partial charge in [0.25, 0.3) is 0 Å². The molecule has 0 amide bonds. The van der Waals surface area contributed by atoms with Crippen LogP contribution in [0.15, 0.2) is 72.8 Å². The number of aryl methyl sites for hydroxylation is 2. The lowest BCUT2D eigenvalue weighted by Gasteiger charge is -2.26. The van der Waals surface area contributed by atoms with Crippen LogP contribution in [0.2, 0.25) is 0 Å². The van der Waals surface area contributed by atoms with Crippen molar-refractivity contribution in [3.05, 3.63) is 134 Å². The number of rotatable bonds is 2. The smallest absolute Gasteiger partial charge is 0.127 e. The molecule has 0 aliphatic rings. The highest BCUT2D eigenvalue weighted by atomic mass is 19.1. The Bertz CT molecular complexity index is 1950. The second-order valence-corrected chi connectivity index (χ2v) is 25.9. The van der Waals surface area contributed by atoms with Crippen molar-refractivity contribution in [1.82, 2.24) is 0 Å². The summed E-state index contributed by atoms with van der Waals surface area (Å²) in [6, 6.07) is 26.3. The number of benzene rings is 4. The van der Waals surface area contributed by atoms with Gasteiger partial charge in [0.15, 0.2) is 0 Å². The lowest BCUT2D eigenvalue weighted by Crippen LogP contribution is -2.19. The van der Waals surface area contributed by atoms with Crippen molar-refractivity contribution in [3.8, 4) is 5.75 Å². The molecule has 4 aromatic rings. The Hall–Kier alpha value is -3.39. The summed E-state index contributed by atoms with van der Waals surface area (Å²) in [5.74, 6) is 0.963. The van der Waals surface area contributed by atoms with Gasteiger partial charge in [-0.2, -0.15) is 0 Å². The molecule has 0 spiro atoms. The molecular formula is C62H103FO. The molecule has 4 aromatic carbocycles. The van der Waals surface area contributed by atoms with Crippen LogP contribution in [0.4, 0.5) is 4.39 Å². The van der Waals surface area contributed by atoms with Crippen LogP contribution in [0.1, 0.15) is 244 Å². The zero-order chi connectivity index (χ0) is 48.8. The van der Waals surface area contributed by atoms with Crippen molar-refractivity contribution in [3.63, 3.8) is 0 Å². The SMILES string of the molecule is C.C.CC(C)(C)c1ccc(C(C)(C)C)cc1.CCOc1cc(C(C)(C)C)ccc1C(C)(C)C.Cc1cc(C(C)(C)C)cc(F)c1C(C)(C)C.Cc1cc(C(C)(C)C)ccc1C(C)(C)C. The summed E-state index contributed by atoms with van der Waals surface area (Å²) in [6.07, 6.45) is 0. The van der Waals surface area contributed by atoms with Gasteiger partial charge in [-0.3, -0.25) is 0 Å². The van der Waals surface area contributed by atoms with E-state index in [4.69, 9.17) is 4.74 Å². The average Bonchev–Trinajstić information content (AvgIpc) is 3.05. The highest BCUT2D eigenvalue weighted by Crippen LogP contribution is 2.36. The normalized spacial score (nSPS) is 12.5. The quantitative estimate of drug-likeness (QED) is 0.195. The summed E-state index contributed by atoms with van der Waals surface area (Å²) in [5, 5.41) is 0. The van der Waals surface area contributed by atoms with Gasteiger partial charge < -0.3 is 4.74 Å². The minimum absolute atomic E-state index is 0. The lowest BCUT2D eigenvalue weighted by atomic mass is 9.79. The van der Waals surface area contributed by atoms with Gasteiger partial charge in [-0.1, -0.05) is 242 Å². The second kappa shape index (κ2) is 22.9. The van der Waals surface area contributed by atoms with E-state index in [-0.39, 0.29) is 64.0 Å². The van der Waals surface area contributed by atoms with E-state index in [0.717, 1.165) is 29.0 Å². The van der Waals surface area contributed by atoms with Gasteiger partial charge in [0, 0.05) is 0 Å². The van der Waals surface area contributed by atoms with E-state index < -0.39 is 0 Å². The van der Waals surface area contributed by atoms with Gasteiger partial charge in [0.2, 0.25) is 0 Å². The first-order chi connectivity index (χ1) is 27.5. The summed E-state index contributed by atoms with van der Waals surface area (Å²) >= 11 is 0. The molecular weight excluding hydrogens is 780 g/mol. The first-order valence-corrected chi connectivity index (χ1v) is 23.3. The van der Waals surface area contributed by atoms with Gasteiger partial charge in [0.05, 0.1) is 6.61 Å². The molecule has 64 heavy (non-hydrogen) atoms. The van der Waals surface area contributed by atoms with Gasteiger partial charge in [-0.25, -0.2) is 4.39 Å². The van der Waals surface area contributed by atoms with E-state index in [1.807, 2.05) is 13.8 Å². The molecule has 1 nitrogen and oxygen atoms in total. The van der Waals surface area contributed by atoms with Crippen LogP contribution in [0.25, 0.3) is 0 Å². The predicted octanol–water partition coefficient (Wildman–Crippen LogP) is 19.6. The summed E-state index contributed by atoms with van der Waals surface area (Å²) in [5.41, 5.74) is 13.9. The van der Waals surface area contributed by atoms with Gasteiger partial charge in [-0.05, 0) is 132 Å². The Morgan fingerprint density at radius 2 is 0.672 bits per heavy atom. The first-order valence-electron chi connectivity index (χ1n) is 23.3. The molecule has 0 aliphatic carbocycles. The fraction of sp³-hybridized carbons (Fsp3) is 0.613. The highest BCUT2D eigenvalue weighted by molar-refractivity contribution is 5.44. The maximum absolute atomic E-state index is 14.1. The molecule has 0 heterocycles. The average molecular weight is 884 g/mol. The Labute approximate surface area is 399 Å². The van der Waals surface area contributed by atoms with Gasteiger partial charge in [-0.15, -0.1) is 0 Å². The molecule has 4 rings (SSSR count). The number of hydrogen-bond acceptors (Lipinski definition) is 1. The molecule has 0 unspecified atom stereocenters. The molecule has 0 atom stereocenters. The number of ether oxygens (including phenoxy) is 1. The van der Waals surface area contributed by atoms with Crippen molar-refractivity contribution < 1.29 is 9.13 Å². The first kappa shape index (κ1) is 62.7. The Balaban J connectivity index is 0. The minimum atomic E-state index is -0.134. The standard InChI is InChI=1S/C16H26O.C15H23F.C15H24.C14H22.2CH4/c1-8-17-14-11-12(15(2,3)4)9-10-13(14)16(5,6)7;1-10-8-11(14(2,3)4)9-12(16)13(10)15(5,6)7;1-11-10-12(14(2,3)4)8-9-13(11)15(5,6)7;1-13(2,3)11-7-9-12(10-8-11)14(4,5)6;;/h9-11H,8H2,1-7H3;8-9H,1-7H3;8-10H,1-7H3;7-10H,1-6H3;2*1H4. The van der Waals surface area contributed by atoms with E-state index in [0.29, 0.717) is 0 Å². The molecule has 0 saturated carbocycles. The summed E-state index contributed by atoms with van der Waals surface area (Å²) < 4.78 is 19.9. The molecule has 364 valence electrons. The maximum atomic E-state index is 14.1. The van der Waals surface area contributed by atoms with Crippen molar-refractivity contribution in [1.29, 1.82) is 0 Å². The molecule has 2 heteroatoms. The zero-order valence-electron chi connectivity index (χ0n) is 45.4. The van der Waals surface area contributed by atoms with E-state index >= 15 is 0 Å². The topological polar surface area (TPSA) is 9.23 Å². The van der Waals surface area contributed by atoms with E-state index in [2.05, 4.69) is 240 Å². The van der Waals surface area contributed by atoms with Crippen molar-refractivity contribution >= 4 is 0 Å². The predicted molar refractivity (Wildman–Crippen MR) is 289 cm³/mol. The third kappa shape index (κ3) is 19.6. The summed E-state index contributed by atoms with van der Waals surface area (Å²) in [7, 11) is 0. The van der Waals surface area contributed by atoms with Crippen LogP contribution in [0.3, 0.4) is 0 Å². The third-order valence-corrected chi connectivity index (χ3v) is 11.4. The number of halogens is 1. The minimum Gasteiger partial charge on any atom is -0.494 e. The molecule has 0 N–H and O–H groups in total. The van der Waals surface area contributed by atoms with Crippen LogP contribution in [-0.2, 0) is 43.3 Å². The highest BCUT2D eigenvalue weighted by Gasteiger charge is 2.25. The molecule has 0 bridgehead atoms. The molecule has 0 fully saturated rings. The largest absolute Gasteiger partial charge is 0.494 e. The van der Waals surface area contributed by atoms with E-state index in [9.17, 15) is 4.39 Å². The van der Waals surface area contributed by atoms with Crippen molar-refractivity contribution in [2.75, 3.05) is 6.61 Å². The van der Waals surface area contributed by atoms with Crippen LogP contribution >= 0.6 is 0 Å². The van der Waals surface area contributed by atoms with Crippen molar-refractivity contribution in [2.24, 2.45) is 0 Å². The third-order valence-electron chi connectivity index (χ3n) is 11.4. The van der Waals surface area contributed by atoms with Crippen LogP contribution in [-0.4, -0.2) is 6.61 Å². The zero-order valence-corrected chi connectivity index (χ0v) is 45.4. The van der Waals surface area contributed by atoms with Gasteiger partial charge >= 0.3 is 0 Å². The Morgan fingerprint density at radius 1 is 0.359 bits per heavy atom. The van der Waals surface area contributed by atoms with E-state index in [1.165, 1.54) is 38.9 Å². The van der Waals surface area contributed by atoms with E-state index in [1.54, 1.807) is 6.07 Å². The summed E-state index contributed by atoms with van der Waals surface area (Å²) in [6.45, 7) is 59.9. The number of hydrogen-bond donors (Lipinski definition) is 0. The molecule has 0 saturated heterocycles. The molecule has 0 aliphatic heterocycles. The fourth-order valence-corrected chi connectivity index (χ4v) is 7.45. The van der Waals surface area contributed by atoms with Crippen LogP contribution in [0, 0.1) is 19.7 Å². The monoisotopic (exact) mass is 883 g/mol. The maximum Gasteiger partial charge on any atom is 0.127 e.